The molecule has 0 spiro atoms. The molecule has 4 heterocycles. The van der Waals surface area contributed by atoms with Crippen molar-refractivity contribution in [3.05, 3.63) is 31.0 Å². The van der Waals surface area contributed by atoms with E-state index < -0.39 is 17.4 Å². The molecule has 3 aromatic heterocycles. The second-order valence-corrected chi connectivity index (χ2v) is 8.69. The third-order valence-electron chi connectivity index (χ3n) is 6.78. The van der Waals surface area contributed by atoms with E-state index in [9.17, 15) is 14.9 Å². The fourth-order valence-corrected chi connectivity index (χ4v) is 5.37. The highest BCUT2D eigenvalue weighted by Crippen LogP contribution is 2.49. The number of carbonyl (C=O) groups excluding carboxylic acids is 2. The van der Waals surface area contributed by atoms with Gasteiger partial charge in [-0.15, -0.1) is 0 Å². The summed E-state index contributed by atoms with van der Waals surface area (Å²) < 4.78 is 1.92. The Hall–Kier alpha value is -3.74. The van der Waals surface area contributed by atoms with Crippen LogP contribution in [0.25, 0.3) is 22.3 Å². The number of hydrogen-bond acceptors (Lipinski definition) is 6. The van der Waals surface area contributed by atoms with E-state index in [-0.39, 0.29) is 11.8 Å². The van der Waals surface area contributed by atoms with Gasteiger partial charge in [0.1, 0.15) is 12.0 Å². The number of nitrogens with one attached hydrogen (secondary N) is 2. The van der Waals surface area contributed by atoms with Gasteiger partial charge in [-0.2, -0.15) is 10.4 Å². The number of rotatable bonds is 4. The molecule has 5 rings (SSSR count). The Morgan fingerprint density at radius 1 is 1.31 bits per heavy atom. The van der Waals surface area contributed by atoms with Gasteiger partial charge in [-0.3, -0.25) is 14.3 Å². The van der Waals surface area contributed by atoms with Crippen LogP contribution in [0, 0.1) is 23.2 Å². The van der Waals surface area contributed by atoms with Gasteiger partial charge < -0.3 is 15.2 Å². The molecule has 32 heavy (non-hydrogen) atoms. The number of nitrogens with zero attached hydrogens (tertiary/aromatic N) is 6. The minimum Gasteiger partial charge on any atom is -0.348 e. The van der Waals surface area contributed by atoms with E-state index in [1.165, 1.54) is 6.33 Å². The van der Waals surface area contributed by atoms with E-state index in [1.54, 1.807) is 18.0 Å². The predicted molar refractivity (Wildman–Crippen MR) is 115 cm³/mol. The molecule has 1 aliphatic carbocycles. The fraction of sp³-hybridized carbons (Fsp3) is 0.455. The maximum Gasteiger partial charge on any atom is 0.311 e. The van der Waals surface area contributed by atoms with Crippen molar-refractivity contribution < 1.29 is 9.59 Å². The van der Waals surface area contributed by atoms with Crippen molar-refractivity contribution in [3.63, 3.8) is 0 Å². The molecule has 1 aliphatic heterocycles. The minimum absolute atomic E-state index is 0.241. The Kier molecular flexibility index (Phi) is 4.89. The molecule has 3 atom stereocenters. The Bertz CT molecular complexity index is 1210. The molecule has 10 nitrogen and oxygen atoms in total. The van der Waals surface area contributed by atoms with E-state index in [2.05, 4.69) is 31.4 Å². The zero-order valence-corrected chi connectivity index (χ0v) is 17.8. The molecule has 1 saturated heterocycles. The number of hydrogen-bond donors (Lipinski definition) is 2. The highest BCUT2D eigenvalue weighted by atomic mass is 16.2. The van der Waals surface area contributed by atoms with Crippen LogP contribution in [0.1, 0.15) is 26.2 Å². The van der Waals surface area contributed by atoms with E-state index in [4.69, 9.17) is 0 Å². The number of aromatic amines is 1. The number of fused-ring (bicyclic) bond motifs is 2. The lowest BCUT2D eigenvalue weighted by Gasteiger charge is -2.29. The average molecular weight is 432 g/mol. The molecule has 0 bridgehead atoms. The van der Waals surface area contributed by atoms with Gasteiger partial charge in [-0.1, -0.05) is 0 Å². The van der Waals surface area contributed by atoms with Crippen LogP contribution in [0.3, 0.4) is 0 Å². The van der Waals surface area contributed by atoms with E-state index in [0.717, 1.165) is 35.1 Å². The normalized spacial score (nSPS) is 24.4. The van der Waals surface area contributed by atoms with Gasteiger partial charge in [0.2, 0.25) is 0 Å². The number of nitriles is 1. The van der Waals surface area contributed by atoms with Crippen molar-refractivity contribution >= 4 is 22.8 Å². The lowest BCUT2D eigenvalue weighted by atomic mass is 9.92. The second kappa shape index (κ2) is 7.75. The van der Waals surface area contributed by atoms with Gasteiger partial charge in [0.25, 0.3) is 0 Å². The Morgan fingerprint density at radius 3 is 2.81 bits per heavy atom. The highest BCUT2D eigenvalue weighted by molar-refractivity contribution is 6.35. The molecule has 2 amide bonds. The van der Waals surface area contributed by atoms with Gasteiger partial charge in [0, 0.05) is 43.0 Å². The van der Waals surface area contributed by atoms with Crippen molar-refractivity contribution in [2.24, 2.45) is 11.8 Å². The first-order valence-corrected chi connectivity index (χ1v) is 10.8. The first-order valence-electron chi connectivity index (χ1n) is 10.8. The first-order chi connectivity index (χ1) is 15.5. The number of likely N-dealkylation sites (tertiary alicyclic amines) is 1. The predicted octanol–water partition coefficient (Wildman–Crippen LogP) is 1.43. The lowest BCUT2D eigenvalue weighted by Crippen LogP contribution is -2.43. The molecule has 10 heteroatoms. The van der Waals surface area contributed by atoms with Crippen LogP contribution in [0.4, 0.5) is 0 Å². The third kappa shape index (κ3) is 3.21. The SMILES string of the molecule is CCNC(=O)C(=O)N1C[C@@H]2CC(CC#N)(n3cc(-c4ncnc5[nH]ccc45)cn3)C[C@@H]2C1. The van der Waals surface area contributed by atoms with Crippen molar-refractivity contribution in [3.8, 4) is 17.3 Å². The van der Waals surface area contributed by atoms with E-state index in [0.29, 0.717) is 26.1 Å². The van der Waals surface area contributed by atoms with E-state index >= 15 is 0 Å². The van der Waals surface area contributed by atoms with Crippen LogP contribution in [0.2, 0.25) is 0 Å². The first kappa shape index (κ1) is 20.2. The summed E-state index contributed by atoms with van der Waals surface area (Å²) in [7, 11) is 0. The summed E-state index contributed by atoms with van der Waals surface area (Å²) in [6.45, 7) is 3.30. The summed E-state index contributed by atoms with van der Waals surface area (Å²) in [5.74, 6) is -0.532. The maximum absolute atomic E-state index is 12.4. The molecule has 2 N–H and O–H groups in total. The van der Waals surface area contributed by atoms with Crippen molar-refractivity contribution in [1.29, 1.82) is 5.26 Å². The summed E-state index contributed by atoms with van der Waals surface area (Å²) in [4.78, 5) is 37.8. The van der Waals surface area contributed by atoms with Gasteiger partial charge >= 0.3 is 11.8 Å². The van der Waals surface area contributed by atoms with Crippen LogP contribution in [0.5, 0.6) is 0 Å². The number of likely N-dealkylation sites (N-methyl/N-ethyl adjacent to an activating group) is 1. The summed E-state index contributed by atoms with van der Waals surface area (Å²) >= 11 is 0. The van der Waals surface area contributed by atoms with Crippen LogP contribution < -0.4 is 5.32 Å². The van der Waals surface area contributed by atoms with Gasteiger partial charge in [-0.25, -0.2) is 9.97 Å². The Balaban J connectivity index is 1.38. The highest BCUT2D eigenvalue weighted by Gasteiger charge is 2.51. The number of aromatic nitrogens is 5. The maximum atomic E-state index is 12.4. The van der Waals surface area contributed by atoms with Gasteiger partial charge in [0.05, 0.1) is 29.9 Å². The standard InChI is InChI=1S/C22H24N8O2/c1-2-24-20(31)21(32)29-10-14-7-22(4-5-23,8-15(14)11-29)30-12-16(9-28-30)18-17-3-6-25-19(17)27-13-26-18/h3,6,9,12-15H,2,4,7-8,10-11H2,1H3,(H,24,31)(H,25,26,27)/t14-,15+,22?. The number of carbonyl (C=O) groups is 2. The van der Waals surface area contributed by atoms with Crippen LogP contribution >= 0.6 is 0 Å². The largest absolute Gasteiger partial charge is 0.348 e. The summed E-state index contributed by atoms with van der Waals surface area (Å²) in [6, 6.07) is 4.28. The zero-order chi connectivity index (χ0) is 22.3. The summed E-state index contributed by atoms with van der Waals surface area (Å²) in [6.07, 6.45) is 8.93. The summed E-state index contributed by atoms with van der Waals surface area (Å²) in [5.41, 5.74) is 2.01. The molecule has 2 aliphatic rings. The Morgan fingerprint density at radius 2 is 2.09 bits per heavy atom. The van der Waals surface area contributed by atoms with Crippen LogP contribution in [-0.2, 0) is 15.1 Å². The second-order valence-electron chi connectivity index (χ2n) is 8.69. The van der Waals surface area contributed by atoms with Gasteiger partial charge in [-0.05, 0) is 37.7 Å². The minimum atomic E-state index is -0.548. The topological polar surface area (TPSA) is 133 Å². The molecule has 3 aromatic rings. The smallest absolute Gasteiger partial charge is 0.311 e. The molecular formula is C22H24N8O2. The third-order valence-corrected chi connectivity index (χ3v) is 6.78. The summed E-state index contributed by atoms with van der Waals surface area (Å²) in [5, 5.41) is 17.7. The Labute approximate surface area is 184 Å². The van der Waals surface area contributed by atoms with Crippen LogP contribution in [-0.4, -0.2) is 61.1 Å². The molecule has 1 unspecified atom stereocenters. The molecule has 1 saturated carbocycles. The van der Waals surface area contributed by atoms with Crippen LogP contribution in [0.15, 0.2) is 31.0 Å². The van der Waals surface area contributed by atoms with Crippen molar-refractivity contribution in [2.45, 2.75) is 31.7 Å². The van der Waals surface area contributed by atoms with Crippen molar-refractivity contribution in [2.75, 3.05) is 19.6 Å². The average Bonchev–Trinajstić information content (AvgIpc) is 3.55. The van der Waals surface area contributed by atoms with E-state index in [1.807, 2.05) is 23.1 Å². The molecular weight excluding hydrogens is 408 g/mol. The van der Waals surface area contributed by atoms with Gasteiger partial charge in [0.15, 0.2) is 0 Å². The number of amides is 2. The molecule has 164 valence electrons. The fourth-order valence-electron chi connectivity index (χ4n) is 5.37. The number of H-pyrrole nitrogens is 1. The quantitative estimate of drug-likeness (QED) is 0.600. The molecule has 0 radical (unpaired) electrons. The monoisotopic (exact) mass is 432 g/mol. The molecule has 2 fully saturated rings. The lowest BCUT2D eigenvalue weighted by molar-refractivity contribution is -0.145. The molecule has 0 aromatic carbocycles. The van der Waals surface area contributed by atoms with Crippen molar-refractivity contribution in [1.82, 2.24) is 34.9 Å². The zero-order valence-electron chi connectivity index (χ0n) is 17.8.